The summed E-state index contributed by atoms with van der Waals surface area (Å²) in [5.41, 5.74) is -1.24. The fraction of sp³-hybridized carbons (Fsp3) is 0.452. The monoisotopic (exact) mass is 960 g/mol. The molecule has 2 N–H and O–H groups in total. The number of halogens is 4. The van der Waals surface area contributed by atoms with Gasteiger partial charge in [-0.05, 0) is 25.8 Å². The molecule has 4 aromatic rings. The number of thiol groups is 1. The molecular weight excluding hydrogens is 926 g/mol. The Morgan fingerprint density at radius 2 is 1.94 bits per heavy atom. The Labute approximate surface area is 319 Å². The Hall–Kier alpha value is -1.80. The Bertz CT molecular complexity index is 2100. The van der Waals surface area contributed by atoms with Crippen LogP contribution in [0.3, 0.4) is 0 Å². The van der Waals surface area contributed by atoms with Crippen molar-refractivity contribution in [3.05, 3.63) is 47.1 Å². The maximum atomic E-state index is 16.9. The summed E-state index contributed by atoms with van der Waals surface area (Å²) in [6.07, 6.45) is 3.76. The first-order valence-corrected chi connectivity index (χ1v) is 19.4. The number of hydrogen-bond donors (Lipinski definition) is 2. The molecule has 0 aliphatic carbocycles. The molecule has 1 spiro atoms. The Kier molecular flexibility index (Phi) is 10.8. The number of anilines is 1. The second-order valence-corrected chi connectivity index (χ2v) is 16.0. The van der Waals surface area contributed by atoms with Crippen LogP contribution in [0, 0.1) is 11.6 Å². The van der Waals surface area contributed by atoms with Crippen molar-refractivity contribution in [3.63, 3.8) is 0 Å². The molecule has 4 saturated heterocycles. The first-order chi connectivity index (χ1) is 23.0. The van der Waals surface area contributed by atoms with Gasteiger partial charge < -0.3 is 13.5 Å². The van der Waals surface area contributed by atoms with Crippen LogP contribution in [0.25, 0.3) is 32.9 Å². The third kappa shape index (κ3) is 6.64. The van der Waals surface area contributed by atoms with Gasteiger partial charge in [0.15, 0.2) is 0 Å². The quantitative estimate of drug-likeness (QED) is 0.128. The zero-order chi connectivity index (χ0) is 33.4. The molecule has 2 aromatic heterocycles. The maximum Gasteiger partial charge on any atom is -0.153 e. The fourth-order valence-corrected chi connectivity index (χ4v) is 10.1. The molecule has 4 fully saturated rings. The van der Waals surface area contributed by atoms with Crippen molar-refractivity contribution in [2.24, 2.45) is 0 Å². The van der Waals surface area contributed by atoms with Gasteiger partial charge in [0, 0.05) is 19.5 Å². The molecule has 50 heavy (non-hydrogen) atoms. The van der Waals surface area contributed by atoms with Gasteiger partial charge in [-0.15, -0.1) is 0 Å². The normalized spacial score (nSPS) is 25.8. The minimum Gasteiger partial charge on any atom is -0.813 e. The van der Waals surface area contributed by atoms with Crippen molar-refractivity contribution in [2.45, 2.75) is 49.4 Å². The predicted molar refractivity (Wildman–Crippen MR) is 194 cm³/mol. The number of alkyl halides is 1. The summed E-state index contributed by atoms with van der Waals surface area (Å²) in [6.45, 7) is 2.22. The molecule has 0 saturated carbocycles. The molecule has 8 rings (SSSR count). The van der Waals surface area contributed by atoms with E-state index in [0.29, 0.717) is 49.3 Å². The van der Waals surface area contributed by atoms with E-state index in [1.807, 2.05) is 4.90 Å². The zero-order valence-electron chi connectivity index (χ0n) is 26.8. The summed E-state index contributed by atoms with van der Waals surface area (Å²) in [4.78, 5) is 17.8. The van der Waals surface area contributed by atoms with Gasteiger partial charge in [0.05, 0.1) is 0 Å². The van der Waals surface area contributed by atoms with Gasteiger partial charge in [0.1, 0.15) is 6.17 Å². The van der Waals surface area contributed by atoms with E-state index in [4.69, 9.17) is 24.0 Å². The van der Waals surface area contributed by atoms with Crippen LogP contribution in [0.2, 0.25) is 5.02 Å². The van der Waals surface area contributed by atoms with E-state index in [0.717, 1.165) is 19.4 Å². The molecule has 11 nitrogen and oxygen atoms in total. The average molecular weight is 961 g/mol. The van der Waals surface area contributed by atoms with Crippen LogP contribution in [0.1, 0.15) is 32.1 Å². The number of nitrogens with one attached hydrogen (secondary N) is 2. The van der Waals surface area contributed by atoms with Gasteiger partial charge in [0.2, 0.25) is 0 Å². The van der Waals surface area contributed by atoms with Gasteiger partial charge in [0.25, 0.3) is 10.2 Å². The predicted octanol–water partition coefficient (Wildman–Crippen LogP) is 3.76. The number of ether oxygens (including phenoxy) is 1. The van der Waals surface area contributed by atoms with Crippen molar-refractivity contribution in [2.75, 3.05) is 44.2 Å². The Morgan fingerprint density at radius 1 is 1.14 bits per heavy atom. The second-order valence-electron chi connectivity index (χ2n) is 13.2. The van der Waals surface area contributed by atoms with Gasteiger partial charge in [-0.2, -0.15) is 23.0 Å². The number of nitrogens with zero attached hydrogens (tertiary/aromatic N) is 5. The van der Waals surface area contributed by atoms with Crippen molar-refractivity contribution in [1.29, 1.82) is 0 Å². The van der Waals surface area contributed by atoms with Gasteiger partial charge >= 0.3 is 209 Å². The molecule has 0 amide bonds. The Morgan fingerprint density at radius 3 is 2.70 bits per heavy atom. The summed E-state index contributed by atoms with van der Waals surface area (Å²) in [7, 11) is -3.65. The van der Waals surface area contributed by atoms with Crippen LogP contribution in [-0.4, -0.2) is 111 Å². The average Bonchev–Trinajstić information content (AvgIpc) is 3.69. The van der Waals surface area contributed by atoms with Crippen LogP contribution in [0.15, 0.2) is 30.5 Å². The minimum absolute atomic E-state index is 0. The van der Waals surface area contributed by atoms with E-state index in [-0.39, 0.29) is 108 Å². The molecule has 4 aliphatic heterocycles. The molecule has 0 radical (unpaired) electrons. The number of pyridine rings is 1. The van der Waals surface area contributed by atoms with E-state index >= 15 is 4.39 Å². The molecule has 2 aromatic carbocycles. The topological polar surface area (TPSA) is 122 Å². The van der Waals surface area contributed by atoms with Crippen LogP contribution in [0.5, 0.6) is 11.8 Å². The molecule has 266 valence electrons. The number of aromatic nitrogens is 3. The first kappa shape index (κ1) is 37.9. The SMILES string of the molecule is O=S1(=O)NC[C@]2(CCCN(c3nc(OC[C@@]45CCCN4C[C@H](F)C5)nc4c(F)c(-c5cc([O][Tl])cc6ccc(F)c(Cl)c56)ncc34)C2)N1.P.[SH-]. The van der Waals surface area contributed by atoms with Crippen LogP contribution < -0.4 is 21.8 Å². The van der Waals surface area contributed by atoms with Crippen LogP contribution in [0.4, 0.5) is 19.0 Å². The van der Waals surface area contributed by atoms with E-state index < -0.39 is 39.1 Å². The van der Waals surface area contributed by atoms with Gasteiger partial charge in [-0.25, -0.2) is 9.11 Å². The molecule has 4 aliphatic rings. The number of fused-ring (bicyclic) bond motifs is 3. The van der Waals surface area contributed by atoms with Gasteiger partial charge in [-0.1, -0.05) is 0 Å². The standard InChI is InChI=1S/C31H31ClF3N7O4S.H3P.H2S.Tl/c32-24-22(34)4-3-17-9-19(43)10-20(23(17)24)26-25(35)27-21(12-36-26)28(41-7-1-5-30(15-41)14-37-47(44,45)40-30)39-29(38-27)46-16-31-6-2-8-42(31)13-18(33)11-31;;;/h3-4,9-10,12,18,37,40,43H,1-2,5-8,11,13-16H2;1H3;1H2;/q;;;+1/p-2/t18-,30+,31+;;;/m1.../s1. The fourth-order valence-electron chi connectivity index (χ4n) is 7.92. The van der Waals surface area contributed by atoms with Crippen LogP contribution >= 0.6 is 21.5 Å². The largest absolute Gasteiger partial charge is 0.813 e. The molecule has 6 heterocycles. The molecule has 0 bridgehead atoms. The van der Waals surface area contributed by atoms with E-state index in [1.165, 1.54) is 12.3 Å². The smallest absolute Gasteiger partial charge is 0.153 e. The van der Waals surface area contributed by atoms with Crippen molar-refractivity contribution >= 4 is 98.9 Å². The minimum atomic E-state index is -3.65. The maximum absolute atomic E-state index is 16.9. The number of benzene rings is 2. The summed E-state index contributed by atoms with van der Waals surface area (Å²) >= 11 is 6.58. The van der Waals surface area contributed by atoms with Crippen molar-refractivity contribution in [3.8, 4) is 23.0 Å². The van der Waals surface area contributed by atoms with Gasteiger partial charge in [-0.3, -0.25) is 4.90 Å². The van der Waals surface area contributed by atoms with E-state index in [9.17, 15) is 17.2 Å². The zero-order valence-corrected chi connectivity index (χ0v) is 35.1. The summed E-state index contributed by atoms with van der Waals surface area (Å²) in [5, 5.41) is 0.948. The molecule has 1 unspecified atom stereocenters. The third-order valence-electron chi connectivity index (χ3n) is 10.1. The Balaban J connectivity index is 0.00000216. The number of piperidine rings is 1. The molecule has 19 heteroatoms. The molecule has 4 atom stereocenters. The summed E-state index contributed by atoms with van der Waals surface area (Å²) in [6, 6.07) is 6.00. The second kappa shape index (κ2) is 14.2. The van der Waals surface area contributed by atoms with Crippen molar-refractivity contribution < 1.29 is 29.0 Å². The summed E-state index contributed by atoms with van der Waals surface area (Å²) < 4.78 is 87.9. The van der Waals surface area contributed by atoms with E-state index in [2.05, 4.69) is 24.3 Å². The third-order valence-corrected chi connectivity index (χ3v) is 12.7. The van der Waals surface area contributed by atoms with Crippen LogP contribution in [-0.2, 0) is 23.7 Å². The first-order valence-electron chi connectivity index (χ1n) is 15.7. The van der Waals surface area contributed by atoms with Crippen molar-refractivity contribution in [1.82, 2.24) is 29.3 Å². The van der Waals surface area contributed by atoms with E-state index in [1.54, 1.807) is 18.2 Å². The number of rotatable bonds is 6. The molecular formula is C31H34ClF3N7O4PS2Tl-. The summed E-state index contributed by atoms with van der Waals surface area (Å²) in [5.74, 6) is -0.656. The number of hydrogen-bond acceptors (Lipinski definition) is 10.